The molecule has 0 aromatic heterocycles. The van der Waals surface area contributed by atoms with Crippen LogP contribution in [0.15, 0.2) is 126 Å². The highest BCUT2D eigenvalue weighted by Gasteiger charge is 2.64. The number of hydrogen-bond acceptors (Lipinski definition) is 6. The van der Waals surface area contributed by atoms with E-state index in [2.05, 4.69) is 45.0 Å². The summed E-state index contributed by atoms with van der Waals surface area (Å²) < 4.78 is 62.5. The number of rotatable bonds is 10. The van der Waals surface area contributed by atoms with Crippen molar-refractivity contribution in [3.63, 3.8) is 0 Å². The van der Waals surface area contributed by atoms with Gasteiger partial charge in [-0.15, -0.1) is 0 Å². The number of halogens is 3. The first kappa shape index (κ1) is 44.3. The van der Waals surface area contributed by atoms with Crippen LogP contribution in [0.3, 0.4) is 0 Å². The van der Waals surface area contributed by atoms with Crippen molar-refractivity contribution in [2.75, 3.05) is 13.7 Å². The van der Waals surface area contributed by atoms with E-state index in [1.165, 1.54) is 18.2 Å². The monoisotopic (exact) mass is 788 g/mol. The third kappa shape index (κ3) is 9.58. The van der Waals surface area contributed by atoms with Crippen molar-refractivity contribution in [3.8, 4) is 0 Å². The minimum atomic E-state index is -5.23. The number of alkyl halides is 3. The predicted octanol–water partition coefficient (Wildman–Crippen LogP) is 9.38. The molecule has 0 saturated heterocycles. The summed E-state index contributed by atoms with van der Waals surface area (Å²) in [7, 11) is -2.23. The van der Waals surface area contributed by atoms with Crippen LogP contribution in [-0.2, 0) is 33.9 Å². The zero-order chi connectivity index (χ0) is 41.3. The average Bonchev–Trinajstić information content (AvgIpc) is 3.15. The smallest absolute Gasteiger partial charge is 0.432 e. The van der Waals surface area contributed by atoms with Crippen molar-refractivity contribution in [2.45, 2.75) is 97.1 Å². The fraction of sp³-hybridized carbons (Fsp3) is 0.413. The zero-order valence-electron chi connectivity index (χ0n) is 33.7. The summed E-state index contributed by atoms with van der Waals surface area (Å²) in [6.45, 7) is 13.6. The molecule has 0 saturated carbocycles. The largest absolute Gasteiger partial charge is 0.451 e. The van der Waals surface area contributed by atoms with Gasteiger partial charge < -0.3 is 13.9 Å². The first-order valence-corrected chi connectivity index (χ1v) is 21.1. The predicted molar refractivity (Wildman–Crippen MR) is 217 cm³/mol. The number of methoxy groups -OCH3 is 1. The summed E-state index contributed by atoms with van der Waals surface area (Å²) >= 11 is 0. The van der Waals surface area contributed by atoms with Gasteiger partial charge in [-0.3, -0.25) is 9.59 Å². The first-order valence-electron chi connectivity index (χ1n) is 19.2. The van der Waals surface area contributed by atoms with Crippen LogP contribution in [0.2, 0.25) is 5.04 Å². The molecule has 3 atom stereocenters. The molecule has 0 spiro atoms. The van der Waals surface area contributed by atoms with Gasteiger partial charge in [0.25, 0.3) is 13.9 Å². The number of ether oxygens (including phenoxy) is 2. The molecule has 0 aliphatic heterocycles. The van der Waals surface area contributed by atoms with Gasteiger partial charge in [0.05, 0.1) is 6.61 Å². The molecule has 0 amide bonds. The van der Waals surface area contributed by atoms with E-state index in [9.17, 15) is 27.6 Å². The van der Waals surface area contributed by atoms with E-state index in [1.807, 2.05) is 49.4 Å². The van der Waals surface area contributed by atoms with Crippen LogP contribution in [0.5, 0.6) is 0 Å². The van der Waals surface area contributed by atoms with Crippen LogP contribution in [0, 0.1) is 11.8 Å². The lowest BCUT2D eigenvalue weighted by Crippen LogP contribution is -2.66. The molecule has 3 aromatic carbocycles. The standard InChI is InChI=1S/C46H55F3O6Si/c1-32(2)39-29-27-33(3)19-18-20-35(31-54-56(44(5,6)7,37-23-14-10-15-24-37)38-25-16-11-17-26-38)40(50)30-28-34(4)42(41(39)51)55-43(52)45(53-8,46(47,48)49)36-21-12-9-13-22-36/h9-17,20-27,29,32,34,42H,18-19,28,30-31H2,1-8H3/b33-27-,35-20-,39-29+/t34-,42?,45-/m1/s1. The van der Waals surface area contributed by atoms with E-state index in [0.717, 1.165) is 35.2 Å². The molecule has 300 valence electrons. The summed E-state index contributed by atoms with van der Waals surface area (Å²) in [5.41, 5.74) is -2.28. The molecule has 10 heteroatoms. The molecule has 0 N–H and O–H groups in total. The quantitative estimate of drug-likeness (QED) is 0.151. The highest BCUT2D eigenvalue weighted by atomic mass is 28.4. The van der Waals surface area contributed by atoms with Crippen LogP contribution in [0.1, 0.15) is 79.7 Å². The Morgan fingerprint density at radius 2 is 1.38 bits per heavy atom. The lowest BCUT2D eigenvalue weighted by atomic mass is 9.86. The maximum Gasteiger partial charge on any atom is 0.432 e. The van der Waals surface area contributed by atoms with Gasteiger partial charge in [0.1, 0.15) is 0 Å². The fourth-order valence-corrected chi connectivity index (χ4v) is 11.9. The van der Waals surface area contributed by atoms with Crippen molar-refractivity contribution in [1.29, 1.82) is 0 Å². The van der Waals surface area contributed by atoms with Crippen molar-refractivity contribution in [2.24, 2.45) is 11.8 Å². The lowest BCUT2D eigenvalue weighted by Gasteiger charge is -2.43. The maximum atomic E-state index is 14.9. The molecular weight excluding hydrogens is 734 g/mol. The van der Waals surface area contributed by atoms with Gasteiger partial charge in [0.15, 0.2) is 17.7 Å². The van der Waals surface area contributed by atoms with Crippen molar-refractivity contribution in [1.82, 2.24) is 0 Å². The molecule has 0 fully saturated rings. The number of carbonyl (C=O) groups is 3. The van der Waals surface area contributed by atoms with E-state index in [4.69, 9.17) is 13.9 Å². The topological polar surface area (TPSA) is 78.9 Å². The second kappa shape index (κ2) is 18.7. The SMILES string of the molecule is CO[C@@](C(=O)OC1C(=O)/C(C(C)C)=C/C=C(/C)CC/C=C(/CO[Si](c2ccccc2)(c2ccccc2)C(C)(C)C)C(=O)CC[C@H]1C)(c1ccccc1)C(F)(F)F. The molecule has 0 heterocycles. The van der Waals surface area contributed by atoms with E-state index in [0.29, 0.717) is 24.0 Å². The Morgan fingerprint density at radius 3 is 1.86 bits per heavy atom. The van der Waals surface area contributed by atoms with Crippen molar-refractivity contribution in [3.05, 3.63) is 132 Å². The Bertz CT molecular complexity index is 1860. The number of hydrogen-bond donors (Lipinski definition) is 0. The Balaban J connectivity index is 1.75. The van der Waals surface area contributed by atoms with Gasteiger partial charge in [-0.1, -0.05) is 156 Å². The number of ketones is 2. The van der Waals surface area contributed by atoms with E-state index in [1.54, 1.807) is 32.9 Å². The Morgan fingerprint density at radius 1 is 0.839 bits per heavy atom. The highest BCUT2D eigenvalue weighted by molar-refractivity contribution is 6.99. The maximum absolute atomic E-state index is 14.9. The molecule has 56 heavy (non-hydrogen) atoms. The Hall–Kier alpha value is -4.38. The molecule has 3 aromatic rings. The number of Topliss-reactive ketones (excluding diaryl/α,β-unsaturated/α-hetero) is 2. The van der Waals surface area contributed by atoms with Crippen LogP contribution in [0.25, 0.3) is 0 Å². The molecule has 0 radical (unpaired) electrons. The molecule has 1 aliphatic carbocycles. The second-order valence-electron chi connectivity index (χ2n) is 15.9. The average molecular weight is 789 g/mol. The third-order valence-electron chi connectivity index (χ3n) is 10.6. The molecule has 1 aliphatic rings. The van der Waals surface area contributed by atoms with E-state index in [-0.39, 0.29) is 36.2 Å². The van der Waals surface area contributed by atoms with Crippen molar-refractivity contribution < 1.29 is 41.5 Å². The van der Waals surface area contributed by atoms with Crippen LogP contribution in [0.4, 0.5) is 13.2 Å². The molecule has 4 rings (SSSR count). The molecular formula is C46H55F3O6Si. The summed E-state index contributed by atoms with van der Waals surface area (Å²) in [5.74, 6) is -3.78. The minimum Gasteiger partial charge on any atom is -0.451 e. The van der Waals surface area contributed by atoms with Crippen LogP contribution < -0.4 is 10.4 Å². The normalized spacial score (nSPS) is 22.1. The van der Waals surface area contributed by atoms with Gasteiger partial charge in [-0.25, -0.2) is 4.79 Å². The minimum absolute atomic E-state index is 0.0387. The van der Waals surface area contributed by atoms with E-state index >= 15 is 0 Å². The summed E-state index contributed by atoms with van der Waals surface area (Å²) in [6, 6.07) is 26.7. The van der Waals surface area contributed by atoms with Gasteiger partial charge in [-0.05, 0) is 47.5 Å². The Kier molecular flexibility index (Phi) is 14.8. The highest BCUT2D eigenvalue weighted by Crippen LogP contribution is 2.44. The van der Waals surface area contributed by atoms with E-state index < -0.39 is 49.4 Å². The number of allylic oxidation sites excluding steroid dienone is 4. The third-order valence-corrected chi connectivity index (χ3v) is 15.6. The number of esters is 1. The second-order valence-corrected chi connectivity index (χ2v) is 20.2. The van der Waals surface area contributed by atoms with Crippen LogP contribution >= 0.6 is 0 Å². The molecule has 0 bridgehead atoms. The molecule has 6 nitrogen and oxygen atoms in total. The van der Waals surface area contributed by atoms with Gasteiger partial charge >= 0.3 is 12.1 Å². The van der Waals surface area contributed by atoms with Crippen molar-refractivity contribution >= 4 is 36.2 Å². The number of benzene rings is 3. The first-order chi connectivity index (χ1) is 26.4. The summed E-state index contributed by atoms with van der Waals surface area (Å²) in [4.78, 5) is 42.4. The number of carbonyl (C=O) groups excluding carboxylic acids is 3. The molecule has 1 unspecified atom stereocenters. The summed E-state index contributed by atoms with van der Waals surface area (Å²) in [6.07, 6.45) is -0.354. The van der Waals surface area contributed by atoms with Crippen LogP contribution in [-0.4, -0.2) is 51.9 Å². The zero-order valence-corrected chi connectivity index (χ0v) is 34.7. The fourth-order valence-electron chi connectivity index (χ4n) is 7.40. The summed E-state index contributed by atoms with van der Waals surface area (Å²) in [5, 5.41) is 1.80. The Labute approximate surface area is 331 Å². The van der Waals surface area contributed by atoms with Gasteiger partial charge in [-0.2, -0.15) is 13.2 Å². The lowest BCUT2D eigenvalue weighted by molar-refractivity contribution is -0.278. The van der Waals surface area contributed by atoms with Gasteiger partial charge in [0.2, 0.25) is 0 Å². The van der Waals surface area contributed by atoms with Gasteiger partial charge in [0, 0.05) is 36.2 Å².